The molecular formula is C12H20N2O. The summed E-state index contributed by atoms with van der Waals surface area (Å²) < 4.78 is 0. The Morgan fingerprint density at radius 1 is 1.47 bits per heavy atom. The van der Waals surface area contributed by atoms with Crippen LogP contribution in [0.2, 0.25) is 0 Å². The Morgan fingerprint density at radius 2 is 2.27 bits per heavy atom. The van der Waals surface area contributed by atoms with Crippen LogP contribution in [0, 0.1) is 6.92 Å². The lowest BCUT2D eigenvalue weighted by atomic mass is 10.1. The summed E-state index contributed by atoms with van der Waals surface area (Å²) >= 11 is 0. The maximum atomic E-state index is 8.99. The molecule has 0 saturated heterocycles. The second kappa shape index (κ2) is 6.53. The van der Waals surface area contributed by atoms with Gasteiger partial charge in [-0.3, -0.25) is 4.98 Å². The molecule has 1 aromatic heterocycles. The largest absolute Gasteiger partial charge is 0.396 e. The van der Waals surface area contributed by atoms with Crippen LogP contribution < -0.4 is 5.32 Å². The molecule has 0 amide bonds. The molecule has 15 heavy (non-hydrogen) atoms. The maximum absolute atomic E-state index is 8.99. The lowest BCUT2D eigenvalue weighted by molar-refractivity contribution is 0.265. The monoisotopic (exact) mass is 208 g/mol. The molecule has 1 atom stereocenters. The van der Waals surface area contributed by atoms with Crippen molar-refractivity contribution < 1.29 is 5.11 Å². The molecule has 1 unspecified atom stereocenters. The Balaban J connectivity index is 2.65. The third-order valence-corrected chi connectivity index (χ3v) is 2.40. The van der Waals surface area contributed by atoms with Crippen molar-refractivity contribution >= 4 is 0 Å². The van der Waals surface area contributed by atoms with E-state index in [-0.39, 0.29) is 12.6 Å². The Hall–Kier alpha value is -0.930. The van der Waals surface area contributed by atoms with Crippen molar-refractivity contribution in [2.45, 2.75) is 32.7 Å². The molecule has 84 valence electrons. The molecule has 0 saturated carbocycles. The molecule has 0 aliphatic heterocycles. The number of aliphatic hydroxyl groups excluding tert-OH is 1. The van der Waals surface area contributed by atoms with E-state index in [4.69, 9.17) is 5.11 Å². The predicted octanol–water partition coefficient (Wildman–Crippen LogP) is 1.81. The van der Waals surface area contributed by atoms with E-state index in [0.717, 1.165) is 30.6 Å². The molecule has 2 N–H and O–H groups in total. The standard InChI is InChI=1S/C12H20N2O/c1-3-7-13-12(6-8-15)11-5-4-10(2)14-9-11/h4-5,9,12-13,15H,3,6-8H2,1-2H3. The lowest BCUT2D eigenvalue weighted by Gasteiger charge is -2.17. The summed E-state index contributed by atoms with van der Waals surface area (Å²) in [7, 11) is 0. The van der Waals surface area contributed by atoms with E-state index in [1.807, 2.05) is 19.2 Å². The molecule has 0 aliphatic rings. The van der Waals surface area contributed by atoms with Gasteiger partial charge < -0.3 is 10.4 Å². The summed E-state index contributed by atoms with van der Waals surface area (Å²) in [5, 5.41) is 12.4. The van der Waals surface area contributed by atoms with Crippen LogP contribution in [0.4, 0.5) is 0 Å². The van der Waals surface area contributed by atoms with Gasteiger partial charge >= 0.3 is 0 Å². The first-order chi connectivity index (χ1) is 7.27. The van der Waals surface area contributed by atoms with Crippen LogP contribution in [0.25, 0.3) is 0 Å². The van der Waals surface area contributed by atoms with Crippen LogP contribution >= 0.6 is 0 Å². The number of nitrogens with one attached hydrogen (secondary N) is 1. The molecule has 1 heterocycles. The molecule has 3 nitrogen and oxygen atoms in total. The van der Waals surface area contributed by atoms with Gasteiger partial charge in [0, 0.05) is 24.5 Å². The van der Waals surface area contributed by atoms with Gasteiger partial charge in [0.15, 0.2) is 0 Å². The predicted molar refractivity (Wildman–Crippen MR) is 61.7 cm³/mol. The average molecular weight is 208 g/mol. The highest BCUT2D eigenvalue weighted by Gasteiger charge is 2.09. The molecule has 0 bridgehead atoms. The van der Waals surface area contributed by atoms with E-state index >= 15 is 0 Å². The molecule has 0 spiro atoms. The van der Waals surface area contributed by atoms with Crippen molar-refractivity contribution in [2.75, 3.05) is 13.2 Å². The number of aryl methyl sites for hydroxylation is 1. The van der Waals surface area contributed by atoms with E-state index in [9.17, 15) is 0 Å². The van der Waals surface area contributed by atoms with E-state index < -0.39 is 0 Å². The zero-order chi connectivity index (χ0) is 11.1. The summed E-state index contributed by atoms with van der Waals surface area (Å²) in [5.41, 5.74) is 2.18. The molecule has 0 aromatic carbocycles. The normalized spacial score (nSPS) is 12.7. The molecule has 0 fully saturated rings. The Bertz CT molecular complexity index is 271. The highest BCUT2D eigenvalue weighted by molar-refractivity contribution is 5.17. The molecule has 3 heteroatoms. The van der Waals surface area contributed by atoms with Crippen LogP contribution in [0.5, 0.6) is 0 Å². The van der Waals surface area contributed by atoms with Gasteiger partial charge in [0.1, 0.15) is 0 Å². The molecule has 1 rings (SSSR count). The lowest BCUT2D eigenvalue weighted by Crippen LogP contribution is -2.23. The average Bonchev–Trinajstić information content (AvgIpc) is 2.25. The van der Waals surface area contributed by atoms with Crippen LogP contribution in [0.3, 0.4) is 0 Å². The number of hydrogen-bond acceptors (Lipinski definition) is 3. The minimum Gasteiger partial charge on any atom is -0.396 e. The fraction of sp³-hybridized carbons (Fsp3) is 0.583. The minimum atomic E-state index is 0.204. The van der Waals surface area contributed by atoms with Gasteiger partial charge in [0.2, 0.25) is 0 Å². The number of hydrogen-bond donors (Lipinski definition) is 2. The number of rotatable bonds is 6. The van der Waals surface area contributed by atoms with Crippen molar-refractivity contribution in [3.8, 4) is 0 Å². The maximum Gasteiger partial charge on any atom is 0.0449 e. The molecule has 1 aromatic rings. The zero-order valence-electron chi connectivity index (χ0n) is 9.53. The number of aromatic nitrogens is 1. The van der Waals surface area contributed by atoms with Crippen LogP contribution in [-0.4, -0.2) is 23.2 Å². The SMILES string of the molecule is CCCNC(CCO)c1ccc(C)nc1. The van der Waals surface area contributed by atoms with Gasteiger partial charge in [-0.2, -0.15) is 0 Å². The van der Waals surface area contributed by atoms with E-state index in [1.54, 1.807) is 0 Å². The quantitative estimate of drug-likeness (QED) is 0.749. The smallest absolute Gasteiger partial charge is 0.0449 e. The first-order valence-electron chi connectivity index (χ1n) is 5.54. The third-order valence-electron chi connectivity index (χ3n) is 2.40. The molecule has 0 aliphatic carbocycles. The van der Waals surface area contributed by atoms with Gasteiger partial charge in [-0.25, -0.2) is 0 Å². The highest BCUT2D eigenvalue weighted by Crippen LogP contribution is 2.15. The second-order valence-electron chi connectivity index (χ2n) is 3.75. The van der Waals surface area contributed by atoms with E-state index in [0.29, 0.717) is 0 Å². The van der Waals surface area contributed by atoms with Crippen molar-refractivity contribution in [3.05, 3.63) is 29.6 Å². The second-order valence-corrected chi connectivity index (χ2v) is 3.75. The Morgan fingerprint density at radius 3 is 2.80 bits per heavy atom. The van der Waals surface area contributed by atoms with Crippen molar-refractivity contribution in [1.29, 1.82) is 0 Å². The zero-order valence-corrected chi connectivity index (χ0v) is 9.53. The van der Waals surface area contributed by atoms with E-state index in [1.165, 1.54) is 0 Å². The number of aliphatic hydroxyl groups is 1. The summed E-state index contributed by atoms with van der Waals surface area (Å²) in [4.78, 5) is 4.27. The Kier molecular flexibility index (Phi) is 5.29. The summed E-state index contributed by atoms with van der Waals surface area (Å²) in [6.45, 7) is 5.29. The van der Waals surface area contributed by atoms with Crippen molar-refractivity contribution in [1.82, 2.24) is 10.3 Å². The van der Waals surface area contributed by atoms with Gasteiger partial charge in [0.25, 0.3) is 0 Å². The fourth-order valence-corrected chi connectivity index (χ4v) is 1.52. The van der Waals surface area contributed by atoms with Crippen LogP contribution in [0.1, 0.15) is 37.1 Å². The van der Waals surface area contributed by atoms with Gasteiger partial charge in [-0.15, -0.1) is 0 Å². The first kappa shape index (κ1) is 12.1. The molecular weight excluding hydrogens is 188 g/mol. The van der Waals surface area contributed by atoms with Gasteiger partial charge in [-0.1, -0.05) is 13.0 Å². The summed E-state index contributed by atoms with van der Waals surface area (Å²) in [6.07, 6.45) is 3.73. The number of nitrogens with zero attached hydrogens (tertiary/aromatic N) is 1. The number of pyridine rings is 1. The Labute approximate surface area is 91.5 Å². The van der Waals surface area contributed by atoms with Crippen LogP contribution in [0.15, 0.2) is 18.3 Å². The van der Waals surface area contributed by atoms with Gasteiger partial charge in [-0.05, 0) is 37.9 Å². The topological polar surface area (TPSA) is 45.1 Å². The van der Waals surface area contributed by atoms with Crippen LogP contribution in [-0.2, 0) is 0 Å². The first-order valence-corrected chi connectivity index (χ1v) is 5.54. The molecule has 0 radical (unpaired) electrons. The fourth-order valence-electron chi connectivity index (χ4n) is 1.52. The summed E-state index contributed by atoms with van der Waals surface area (Å²) in [6, 6.07) is 4.31. The third kappa shape index (κ3) is 3.98. The van der Waals surface area contributed by atoms with Crippen molar-refractivity contribution in [2.24, 2.45) is 0 Å². The highest BCUT2D eigenvalue weighted by atomic mass is 16.3. The van der Waals surface area contributed by atoms with Crippen molar-refractivity contribution in [3.63, 3.8) is 0 Å². The van der Waals surface area contributed by atoms with E-state index in [2.05, 4.69) is 23.3 Å². The minimum absolute atomic E-state index is 0.204. The summed E-state index contributed by atoms with van der Waals surface area (Å²) in [5.74, 6) is 0. The van der Waals surface area contributed by atoms with Gasteiger partial charge in [0.05, 0.1) is 0 Å².